The maximum atomic E-state index is 12.3. The Morgan fingerprint density at radius 2 is 1.95 bits per heavy atom. The van der Waals surface area contributed by atoms with Gasteiger partial charge in [-0.25, -0.2) is 13.4 Å². The highest BCUT2D eigenvalue weighted by Gasteiger charge is 2.20. The zero-order chi connectivity index (χ0) is 15.0. The Labute approximate surface area is 126 Å². The highest BCUT2D eigenvalue weighted by molar-refractivity contribution is 7.90. The van der Waals surface area contributed by atoms with Crippen LogP contribution in [0.3, 0.4) is 0 Å². The molecule has 0 unspecified atom stereocenters. The molecule has 0 radical (unpaired) electrons. The van der Waals surface area contributed by atoms with Crippen LogP contribution < -0.4 is 5.73 Å². The fraction of sp³-hybridized carbons (Fsp3) is 0.0714. The molecule has 108 valence electrons. The summed E-state index contributed by atoms with van der Waals surface area (Å²) in [7, 11) is -3.58. The van der Waals surface area contributed by atoms with Gasteiger partial charge in [0, 0.05) is 5.02 Å². The molecular formula is C14H11ClN2O3S. The summed E-state index contributed by atoms with van der Waals surface area (Å²) in [5.41, 5.74) is 7.15. The molecule has 0 aliphatic carbocycles. The van der Waals surface area contributed by atoms with E-state index in [-0.39, 0.29) is 16.5 Å². The highest BCUT2D eigenvalue weighted by atomic mass is 35.5. The number of para-hydroxylation sites is 1. The molecule has 2 aromatic carbocycles. The summed E-state index contributed by atoms with van der Waals surface area (Å²) in [6, 6.07) is 11.2. The summed E-state index contributed by atoms with van der Waals surface area (Å²) in [6.45, 7) is 0. The van der Waals surface area contributed by atoms with Crippen LogP contribution in [0.4, 0.5) is 5.69 Å². The zero-order valence-electron chi connectivity index (χ0n) is 10.8. The largest absolute Gasteiger partial charge is 0.439 e. The van der Waals surface area contributed by atoms with E-state index >= 15 is 0 Å². The molecule has 7 heteroatoms. The maximum Gasteiger partial charge on any atom is 0.211 e. The first kappa shape index (κ1) is 13.9. The third-order valence-corrected chi connectivity index (χ3v) is 4.80. The molecule has 5 nitrogen and oxygen atoms in total. The number of nitrogen functional groups attached to an aromatic ring is 1. The number of fused-ring (bicyclic) bond motifs is 1. The Kier molecular flexibility index (Phi) is 3.35. The van der Waals surface area contributed by atoms with Gasteiger partial charge >= 0.3 is 0 Å². The van der Waals surface area contributed by atoms with Gasteiger partial charge in [-0.2, -0.15) is 0 Å². The lowest BCUT2D eigenvalue weighted by Crippen LogP contribution is -2.05. The van der Waals surface area contributed by atoms with E-state index in [2.05, 4.69) is 4.98 Å². The van der Waals surface area contributed by atoms with Gasteiger partial charge in [0.05, 0.1) is 10.6 Å². The number of aromatic nitrogens is 1. The molecule has 0 saturated heterocycles. The van der Waals surface area contributed by atoms with Crippen LogP contribution in [0.15, 0.2) is 51.8 Å². The molecule has 0 atom stereocenters. The molecule has 0 bridgehead atoms. The number of hydrogen-bond donors (Lipinski definition) is 1. The van der Waals surface area contributed by atoms with Gasteiger partial charge in [-0.1, -0.05) is 23.7 Å². The maximum absolute atomic E-state index is 12.3. The van der Waals surface area contributed by atoms with Gasteiger partial charge < -0.3 is 10.2 Å². The lowest BCUT2D eigenvalue weighted by atomic mass is 10.3. The van der Waals surface area contributed by atoms with Crippen LogP contribution in [0.2, 0.25) is 5.02 Å². The first-order chi connectivity index (χ1) is 9.95. The van der Waals surface area contributed by atoms with Crippen molar-refractivity contribution in [2.75, 3.05) is 5.73 Å². The number of nitrogens with zero attached hydrogens (tertiary/aromatic N) is 1. The highest BCUT2D eigenvalue weighted by Crippen LogP contribution is 2.24. The fourth-order valence-electron chi connectivity index (χ4n) is 1.98. The van der Waals surface area contributed by atoms with Crippen LogP contribution in [0.25, 0.3) is 11.1 Å². The lowest BCUT2D eigenvalue weighted by Gasteiger charge is -2.01. The van der Waals surface area contributed by atoms with Crippen molar-refractivity contribution in [2.24, 2.45) is 0 Å². The Balaban J connectivity index is 1.99. The normalized spacial score (nSPS) is 11.9. The van der Waals surface area contributed by atoms with Crippen molar-refractivity contribution in [3.63, 3.8) is 0 Å². The number of anilines is 1. The Bertz CT molecular complexity index is 919. The topological polar surface area (TPSA) is 86.2 Å². The summed E-state index contributed by atoms with van der Waals surface area (Å²) < 4.78 is 30.1. The number of sulfone groups is 1. The van der Waals surface area contributed by atoms with E-state index in [4.69, 9.17) is 21.8 Å². The fourth-order valence-corrected chi connectivity index (χ4v) is 3.45. The van der Waals surface area contributed by atoms with E-state index < -0.39 is 9.84 Å². The monoisotopic (exact) mass is 322 g/mol. The second-order valence-electron chi connectivity index (χ2n) is 4.52. The zero-order valence-corrected chi connectivity index (χ0v) is 12.4. The Morgan fingerprint density at radius 1 is 1.19 bits per heavy atom. The van der Waals surface area contributed by atoms with Gasteiger partial charge in [0.1, 0.15) is 11.3 Å². The van der Waals surface area contributed by atoms with Crippen molar-refractivity contribution in [3.8, 4) is 0 Å². The van der Waals surface area contributed by atoms with E-state index in [1.807, 2.05) is 0 Å². The van der Waals surface area contributed by atoms with Crippen LogP contribution >= 0.6 is 11.6 Å². The van der Waals surface area contributed by atoms with Crippen molar-refractivity contribution < 1.29 is 12.8 Å². The minimum Gasteiger partial charge on any atom is -0.439 e. The SMILES string of the molecule is Nc1cccc2oc(CS(=O)(=O)c3cccc(Cl)c3)nc12. The Hall–Kier alpha value is -2.05. The molecule has 3 aromatic rings. The van der Waals surface area contributed by atoms with Crippen molar-refractivity contribution in [1.29, 1.82) is 0 Å². The molecule has 2 N–H and O–H groups in total. The molecule has 1 aromatic heterocycles. The smallest absolute Gasteiger partial charge is 0.211 e. The minimum atomic E-state index is -3.58. The Morgan fingerprint density at radius 3 is 2.67 bits per heavy atom. The van der Waals surface area contributed by atoms with Crippen molar-refractivity contribution in [1.82, 2.24) is 4.98 Å². The number of benzene rings is 2. The van der Waals surface area contributed by atoms with E-state index in [0.29, 0.717) is 21.8 Å². The summed E-state index contributed by atoms with van der Waals surface area (Å²) in [6.07, 6.45) is 0. The number of oxazole rings is 1. The molecule has 21 heavy (non-hydrogen) atoms. The number of nitrogens with two attached hydrogens (primary N) is 1. The average molecular weight is 323 g/mol. The van der Waals surface area contributed by atoms with Gasteiger partial charge in [0.15, 0.2) is 15.4 Å². The van der Waals surface area contributed by atoms with E-state index in [0.717, 1.165) is 0 Å². The average Bonchev–Trinajstić information content (AvgIpc) is 2.82. The van der Waals surface area contributed by atoms with Crippen LogP contribution in [-0.4, -0.2) is 13.4 Å². The number of rotatable bonds is 3. The van der Waals surface area contributed by atoms with Crippen LogP contribution in [0.5, 0.6) is 0 Å². The molecule has 0 spiro atoms. The summed E-state index contributed by atoms with van der Waals surface area (Å²) >= 11 is 5.82. The van der Waals surface area contributed by atoms with E-state index in [1.165, 1.54) is 12.1 Å². The molecule has 0 aliphatic heterocycles. The predicted molar refractivity (Wildman–Crippen MR) is 80.8 cm³/mol. The van der Waals surface area contributed by atoms with Crippen LogP contribution in [0.1, 0.15) is 5.89 Å². The summed E-state index contributed by atoms with van der Waals surface area (Å²) in [5.74, 6) is -0.246. The summed E-state index contributed by atoms with van der Waals surface area (Å²) in [4.78, 5) is 4.27. The molecular weight excluding hydrogens is 312 g/mol. The third kappa shape index (κ3) is 2.72. The van der Waals surface area contributed by atoms with Crippen molar-refractivity contribution >= 4 is 38.2 Å². The quantitative estimate of drug-likeness (QED) is 0.749. The van der Waals surface area contributed by atoms with Gasteiger partial charge in [0.25, 0.3) is 0 Å². The van der Waals surface area contributed by atoms with Gasteiger partial charge in [0.2, 0.25) is 5.89 Å². The minimum absolute atomic E-state index is 0.0999. The second kappa shape index (κ2) is 5.05. The van der Waals surface area contributed by atoms with Crippen LogP contribution in [0, 0.1) is 0 Å². The first-order valence-electron chi connectivity index (χ1n) is 6.08. The molecule has 0 saturated carbocycles. The molecule has 1 heterocycles. The standard InChI is InChI=1S/C14H11ClN2O3S/c15-9-3-1-4-10(7-9)21(18,19)8-13-17-14-11(16)5-2-6-12(14)20-13/h1-7H,8,16H2. The molecule has 0 fully saturated rings. The number of hydrogen-bond acceptors (Lipinski definition) is 5. The molecule has 3 rings (SSSR count). The lowest BCUT2D eigenvalue weighted by molar-refractivity contribution is 0.540. The van der Waals surface area contributed by atoms with Gasteiger partial charge in [-0.15, -0.1) is 0 Å². The van der Waals surface area contributed by atoms with Crippen molar-refractivity contribution in [2.45, 2.75) is 10.6 Å². The first-order valence-corrected chi connectivity index (χ1v) is 8.11. The summed E-state index contributed by atoms with van der Waals surface area (Å²) in [5, 5.41) is 0.359. The van der Waals surface area contributed by atoms with Gasteiger partial charge in [-0.3, -0.25) is 0 Å². The second-order valence-corrected chi connectivity index (χ2v) is 6.94. The molecule has 0 aliphatic rings. The van der Waals surface area contributed by atoms with Crippen LogP contribution in [-0.2, 0) is 15.6 Å². The number of halogens is 1. The molecule has 0 amide bonds. The third-order valence-electron chi connectivity index (χ3n) is 2.96. The van der Waals surface area contributed by atoms with Gasteiger partial charge in [-0.05, 0) is 30.3 Å². The van der Waals surface area contributed by atoms with E-state index in [9.17, 15) is 8.42 Å². The predicted octanol–water partition coefficient (Wildman–Crippen LogP) is 3.04. The van der Waals surface area contributed by atoms with E-state index in [1.54, 1.807) is 30.3 Å². The van der Waals surface area contributed by atoms with Crippen molar-refractivity contribution in [3.05, 3.63) is 53.4 Å².